The fourth-order valence-corrected chi connectivity index (χ4v) is 1.04. The van der Waals surface area contributed by atoms with E-state index in [1.165, 1.54) is 0 Å². The second-order valence-corrected chi connectivity index (χ2v) is 3.46. The maximum absolute atomic E-state index is 11.2. The lowest BCUT2D eigenvalue weighted by molar-refractivity contribution is -0.146. The Morgan fingerprint density at radius 1 is 1.38 bits per heavy atom. The lowest BCUT2D eigenvalue weighted by Gasteiger charge is -2.07. The Balaban J connectivity index is 2.16. The van der Waals surface area contributed by atoms with Crippen LogP contribution >= 0.6 is 0 Å². The Bertz CT molecular complexity index is 308. The van der Waals surface area contributed by atoms with Crippen molar-refractivity contribution in [2.75, 3.05) is 13.2 Å². The number of hydrogen-bond donors (Lipinski definition) is 1. The number of carbonyl (C=O) groups excluding carboxylic acids is 1. The number of aliphatic hydroxyl groups excluding tert-OH is 1. The molecule has 0 heterocycles. The molecular formula is C12H16O4. The van der Waals surface area contributed by atoms with Gasteiger partial charge in [0.1, 0.15) is 5.75 Å². The Labute approximate surface area is 94.8 Å². The summed E-state index contributed by atoms with van der Waals surface area (Å²) in [6, 6.07) is 9.06. The number of carbonyl (C=O) groups is 1. The van der Waals surface area contributed by atoms with Gasteiger partial charge in [-0.05, 0) is 19.1 Å². The van der Waals surface area contributed by atoms with Crippen molar-refractivity contribution in [3.63, 3.8) is 0 Å². The third-order valence-corrected chi connectivity index (χ3v) is 1.90. The van der Waals surface area contributed by atoms with Gasteiger partial charge < -0.3 is 14.6 Å². The SMILES string of the molecule is CC(O)CCOC(=O)COc1ccccc1. The number of benzene rings is 1. The standard InChI is InChI=1S/C12H16O4/c1-10(13)7-8-15-12(14)9-16-11-5-3-2-4-6-11/h2-6,10,13H,7-9H2,1H3. The van der Waals surface area contributed by atoms with Crippen LogP contribution in [0.5, 0.6) is 5.75 Å². The van der Waals surface area contributed by atoms with E-state index in [-0.39, 0.29) is 13.2 Å². The van der Waals surface area contributed by atoms with Gasteiger partial charge >= 0.3 is 5.97 Å². The Kier molecular flexibility index (Phi) is 5.36. The molecule has 0 saturated heterocycles. The van der Waals surface area contributed by atoms with Crippen LogP contribution in [0, 0.1) is 0 Å². The first-order valence-corrected chi connectivity index (χ1v) is 5.20. The molecule has 1 atom stereocenters. The number of para-hydroxylation sites is 1. The Morgan fingerprint density at radius 3 is 2.69 bits per heavy atom. The van der Waals surface area contributed by atoms with Gasteiger partial charge in [-0.25, -0.2) is 4.79 Å². The quantitative estimate of drug-likeness (QED) is 0.742. The maximum atomic E-state index is 11.2. The largest absolute Gasteiger partial charge is 0.482 e. The van der Waals surface area contributed by atoms with E-state index >= 15 is 0 Å². The lowest BCUT2D eigenvalue weighted by atomic mass is 10.3. The zero-order chi connectivity index (χ0) is 11.8. The molecule has 0 saturated carbocycles. The number of hydrogen-bond acceptors (Lipinski definition) is 4. The van der Waals surface area contributed by atoms with Gasteiger partial charge in [0.15, 0.2) is 6.61 Å². The van der Waals surface area contributed by atoms with E-state index in [0.29, 0.717) is 12.2 Å². The monoisotopic (exact) mass is 224 g/mol. The van der Waals surface area contributed by atoms with Gasteiger partial charge in [0.25, 0.3) is 0 Å². The summed E-state index contributed by atoms with van der Waals surface area (Å²) >= 11 is 0. The van der Waals surface area contributed by atoms with E-state index < -0.39 is 12.1 Å². The molecule has 0 aromatic heterocycles. The molecule has 1 aromatic rings. The first-order valence-electron chi connectivity index (χ1n) is 5.20. The molecule has 1 rings (SSSR count). The van der Waals surface area contributed by atoms with Crippen molar-refractivity contribution in [1.29, 1.82) is 0 Å². The summed E-state index contributed by atoms with van der Waals surface area (Å²) in [6.45, 7) is 1.76. The number of rotatable bonds is 6. The summed E-state index contributed by atoms with van der Waals surface area (Å²) in [5, 5.41) is 8.95. The van der Waals surface area contributed by atoms with Crippen molar-refractivity contribution in [3.8, 4) is 5.75 Å². The molecule has 1 N–H and O–H groups in total. The minimum atomic E-state index is -0.456. The smallest absolute Gasteiger partial charge is 0.344 e. The Hall–Kier alpha value is -1.55. The molecule has 1 aromatic carbocycles. The minimum absolute atomic E-state index is 0.107. The van der Waals surface area contributed by atoms with E-state index in [1.807, 2.05) is 18.2 Å². The second kappa shape index (κ2) is 6.85. The zero-order valence-electron chi connectivity index (χ0n) is 9.26. The number of ether oxygens (including phenoxy) is 2. The van der Waals surface area contributed by atoms with Gasteiger partial charge in [-0.2, -0.15) is 0 Å². The molecule has 88 valence electrons. The van der Waals surface area contributed by atoms with E-state index in [9.17, 15) is 4.79 Å². The van der Waals surface area contributed by atoms with Crippen LogP contribution in [0.2, 0.25) is 0 Å². The zero-order valence-corrected chi connectivity index (χ0v) is 9.26. The van der Waals surface area contributed by atoms with E-state index in [4.69, 9.17) is 14.6 Å². The molecule has 16 heavy (non-hydrogen) atoms. The van der Waals surface area contributed by atoms with Crippen molar-refractivity contribution >= 4 is 5.97 Å². The summed E-state index contributed by atoms with van der Waals surface area (Å²) in [7, 11) is 0. The summed E-state index contributed by atoms with van der Waals surface area (Å²) < 4.78 is 10.0. The summed E-state index contributed by atoms with van der Waals surface area (Å²) in [5.74, 6) is 0.208. The topological polar surface area (TPSA) is 55.8 Å². The highest BCUT2D eigenvalue weighted by Gasteiger charge is 2.04. The molecule has 0 fully saturated rings. The second-order valence-electron chi connectivity index (χ2n) is 3.46. The van der Waals surface area contributed by atoms with Crippen LogP contribution in [0.1, 0.15) is 13.3 Å². The normalized spacial score (nSPS) is 11.9. The molecule has 1 unspecified atom stereocenters. The van der Waals surface area contributed by atoms with Crippen molar-refractivity contribution in [3.05, 3.63) is 30.3 Å². The van der Waals surface area contributed by atoms with Crippen molar-refractivity contribution in [1.82, 2.24) is 0 Å². The van der Waals surface area contributed by atoms with Crippen LogP contribution in [-0.4, -0.2) is 30.4 Å². The first-order chi connectivity index (χ1) is 7.68. The first kappa shape index (κ1) is 12.5. The highest BCUT2D eigenvalue weighted by molar-refractivity contribution is 5.71. The van der Waals surface area contributed by atoms with Crippen LogP contribution in [0.3, 0.4) is 0 Å². The summed E-state index contributed by atoms with van der Waals surface area (Å²) in [5.41, 5.74) is 0. The van der Waals surface area contributed by atoms with Crippen LogP contribution < -0.4 is 4.74 Å². The van der Waals surface area contributed by atoms with Gasteiger partial charge in [-0.3, -0.25) is 0 Å². The van der Waals surface area contributed by atoms with Gasteiger partial charge in [-0.1, -0.05) is 18.2 Å². The fraction of sp³-hybridized carbons (Fsp3) is 0.417. The van der Waals surface area contributed by atoms with E-state index in [1.54, 1.807) is 19.1 Å². The van der Waals surface area contributed by atoms with Crippen LogP contribution in [-0.2, 0) is 9.53 Å². The highest BCUT2D eigenvalue weighted by Crippen LogP contribution is 2.07. The molecule has 0 aliphatic rings. The van der Waals surface area contributed by atoms with Crippen molar-refractivity contribution in [2.45, 2.75) is 19.4 Å². The van der Waals surface area contributed by atoms with Crippen molar-refractivity contribution in [2.24, 2.45) is 0 Å². The summed E-state index contributed by atoms with van der Waals surface area (Å²) in [4.78, 5) is 11.2. The molecule has 0 amide bonds. The van der Waals surface area contributed by atoms with Gasteiger partial charge in [0.2, 0.25) is 0 Å². The van der Waals surface area contributed by atoms with Crippen LogP contribution in [0.15, 0.2) is 30.3 Å². The maximum Gasteiger partial charge on any atom is 0.344 e. The molecule has 0 spiro atoms. The predicted molar refractivity (Wildman–Crippen MR) is 59.2 cm³/mol. The van der Waals surface area contributed by atoms with Crippen LogP contribution in [0.25, 0.3) is 0 Å². The van der Waals surface area contributed by atoms with Crippen LogP contribution in [0.4, 0.5) is 0 Å². The highest BCUT2D eigenvalue weighted by atomic mass is 16.6. The fourth-order valence-electron chi connectivity index (χ4n) is 1.04. The van der Waals surface area contributed by atoms with Gasteiger partial charge in [0.05, 0.1) is 12.7 Å². The Morgan fingerprint density at radius 2 is 2.06 bits per heavy atom. The molecule has 0 aliphatic heterocycles. The predicted octanol–water partition coefficient (Wildman–Crippen LogP) is 1.38. The molecular weight excluding hydrogens is 208 g/mol. The molecule has 4 heteroatoms. The van der Waals surface area contributed by atoms with Gasteiger partial charge in [0, 0.05) is 6.42 Å². The van der Waals surface area contributed by atoms with E-state index in [0.717, 1.165) is 0 Å². The van der Waals surface area contributed by atoms with Gasteiger partial charge in [-0.15, -0.1) is 0 Å². The third-order valence-electron chi connectivity index (χ3n) is 1.90. The molecule has 0 aliphatic carbocycles. The third kappa shape index (κ3) is 5.36. The van der Waals surface area contributed by atoms with E-state index in [2.05, 4.69) is 0 Å². The number of aliphatic hydroxyl groups is 1. The lowest BCUT2D eigenvalue weighted by Crippen LogP contribution is -2.17. The molecule has 0 radical (unpaired) electrons. The average Bonchev–Trinajstić information content (AvgIpc) is 2.27. The number of esters is 1. The average molecular weight is 224 g/mol. The minimum Gasteiger partial charge on any atom is -0.482 e. The molecule has 0 bridgehead atoms. The summed E-state index contributed by atoms with van der Waals surface area (Å²) in [6.07, 6.45) is -0.0142. The van der Waals surface area contributed by atoms with Crippen molar-refractivity contribution < 1.29 is 19.4 Å². The molecule has 4 nitrogen and oxygen atoms in total.